The van der Waals surface area contributed by atoms with E-state index in [4.69, 9.17) is 0 Å². The molecule has 0 amide bonds. The van der Waals surface area contributed by atoms with Gasteiger partial charge in [-0.15, -0.1) is 5.10 Å². The molecule has 4 nitrogen and oxygen atoms in total. The second-order valence-corrected chi connectivity index (χ2v) is 4.90. The SMILES string of the molecule is CC(C)CC(O)c1cn(CC(C)C)nn1. The Labute approximate surface area is 91.3 Å². The molecule has 1 rings (SSSR count). The topological polar surface area (TPSA) is 50.9 Å². The van der Waals surface area contributed by atoms with E-state index < -0.39 is 6.10 Å². The minimum absolute atomic E-state index is 0.468. The summed E-state index contributed by atoms with van der Waals surface area (Å²) in [6, 6.07) is 0. The number of rotatable bonds is 5. The summed E-state index contributed by atoms with van der Waals surface area (Å²) in [6.45, 7) is 9.28. The highest BCUT2D eigenvalue weighted by molar-refractivity contribution is 4.97. The minimum atomic E-state index is -0.481. The maximum atomic E-state index is 9.82. The molecule has 86 valence electrons. The quantitative estimate of drug-likeness (QED) is 0.810. The zero-order valence-electron chi connectivity index (χ0n) is 10.0. The van der Waals surface area contributed by atoms with Crippen molar-refractivity contribution in [2.75, 3.05) is 0 Å². The van der Waals surface area contributed by atoms with Crippen molar-refractivity contribution in [3.05, 3.63) is 11.9 Å². The molecule has 0 radical (unpaired) electrons. The number of aromatic nitrogens is 3. The Bertz CT molecular complexity index is 294. The lowest BCUT2D eigenvalue weighted by molar-refractivity contribution is 0.146. The van der Waals surface area contributed by atoms with Gasteiger partial charge in [0.25, 0.3) is 0 Å². The Morgan fingerprint density at radius 1 is 1.27 bits per heavy atom. The lowest BCUT2D eigenvalue weighted by Gasteiger charge is -2.09. The maximum absolute atomic E-state index is 9.82. The number of hydrogen-bond donors (Lipinski definition) is 1. The Morgan fingerprint density at radius 3 is 2.47 bits per heavy atom. The molecule has 0 spiro atoms. The van der Waals surface area contributed by atoms with Gasteiger partial charge in [0, 0.05) is 6.54 Å². The van der Waals surface area contributed by atoms with Crippen molar-refractivity contribution in [3.63, 3.8) is 0 Å². The van der Waals surface area contributed by atoms with Crippen LogP contribution in [0.15, 0.2) is 6.20 Å². The molecule has 1 aromatic rings. The molecule has 0 bridgehead atoms. The molecular weight excluding hydrogens is 190 g/mol. The van der Waals surface area contributed by atoms with Crippen molar-refractivity contribution >= 4 is 0 Å². The molecule has 1 atom stereocenters. The molecular formula is C11H21N3O. The summed E-state index contributed by atoms with van der Waals surface area (Å²) in [5, 5.41) is 17.8. The Hall–Kier alpha value is -0.900. The van der Waals surface area contributed by atoms with Crippen LogP contribution in [0.3, 0.4) is 0 Å². The van der Waals surface area contributed by atoms with E-state index >= 15 is 0 Å². The molecule has 1 heterocycles. The molecule has 0 aliphatic heterocycles. The summed E-state index contributed by atoms with van der Waals surface area (Å²) in [6.07, 6.45) is 2.10. The first kappa shape index (κ1) is 12.2. The van der Waals surface area contributed by atoms with Crippen LogP contribution in [0.4, 0.5) is 0 Å². The van der Waals surface area contributed by atoms with Crippen molar-refractivity contribution in [3.8, 4) is 0 Å². The predicted octanol–water partition coefficient (Wildman–Crippen LogP) is 2.01. The van der Waals surface area contributed by atoms with Crippen LogP contribution in [0.1, 0.15) is 45.9 Å². The summed E-state index contributed by atoms with van der Waals surface area (Å²) < 4.78 is 1.80. The van der Waals surface area contributed by atoms with Crippen LogP contribution in [-0.2, 0) is 6.54 Å². The van der Waals surface area contributed by atoms with E-state index in [1.54, 1.807) is 4.68 Å². The molecule has 0 aromatic carbocycles. The third kappa shape index (κ3) is 4.00. The van der Waals surface area contributed by atoms with Crippen LogP contribution < -0.4 is 0 Å². The summed E-state index contributed by atoms with van der Waals surface area (Å²) in [5.41, 5.74) is 0.685. The smallest absolute Gasteiger partial charge is 0.111 e. The van der Waals surface area contributed by atoms with E-state index in [0.29, 0.717) is 17.5 Å². The summed E-state index contributed by atoms with van der Waals surface area (Å²) in [7, 11) is 0. The first-order valence-electron chi connectivity index (χ1n) is 5.57. The van der Waals surface area contributed by atoms with Gasteiger partial charge in [-0.1, -0.05) is 32.9 Å². The first-order chi connectivity index (χ1) is 6.99. The summed E-state index contributed by atoms with van der Waals surface area (Å²) in [4.78, 5) is 0. The lowest BCUT2D eigenvalue weighted by Crippen LogP contribution is -2.05. The molecule has 1 aromatic heterocycles. The monoisotopic (exact) mass is 211 g/mol. The van der Waals surface area contributed by atoms with Gasteiger partial charge in [-0.05, 0) is 18.3 Å². The van der Waals surface area contributed by atoms with E-state index in [-0.39, 0.29) is 0 Å². The first-order valence-corrected chi connectivity index (χ1v) is 5.57. The average Bonchev–Trinajstić information content (AvgIpc) is 2.50. The van der Waals surface area contributed by atoms with Crippen LogP contribution in [0, 0.1) is 11.8 Å². The van der Waals surface area contributed by atoms with Crippen LogP contribution in [-0.4, -0.2) is 20.1 Å². The van der Waals surface area contributed by atoms with Gasteiger partial charge in [-0.2, -0.15) is 0 Å². The van der Waals surface area contributed by atoms with Crippen molar-refractivity contribution in [2.45, 2.75) is 46.8 Å². The van der Waals surface area contributed by atoms with E-state index in [0.717, 1.165) is 13.0 Å². The van der Waals surface area contributed by atoms with Crippen LogP contribution in [0.2, 0.25) is 0 Å². The van der Waals surface area contributed by atoms with Gasteiger partial charge in [0.05, 0.1) is 12.3 Å². The van der Waals surface area contributed by atoms with Crippen molar-refractivity contribution in [1.82, 2.24) is 15.0 Å². The fourth-order valence-corrected chi connectivity index (χ4v) is 1.50. The second-order valence-electron chi connectivity index (χ2n) is 4.90. The van der Waals surface area contributed by atoms with Gasteiger partial charge < -0.3 is 5.11 Å². The van der Waals surface area contributed by atoms with E-state index in [1.165, 1.54) is 0 Å². The molecule has 0 saturated heterocycles. The predicted molar refractivity (Wildman–Crippen MR) is 59.3 cm³/mol. The lowest BCUT2D eigenvalue weighted by atomic mass is 10.0. The Morgan fingerprint density at radius 2 is 1.93 bits per heavy atom. The number of hydrogen-bond acceptors (Lipinski definition) is 3. The molecule has 4 heteroatoms. The van der Waals surface area contributed by atoms with Gasteiger partial charge in [0.15, 0.2) is 0 Å². The Kier molecular flexibility index (Phi) is 4.27. The number of aliphatic hydroxyl groups excluding tert-OH is 1. The molecule has 0 saturated carbocycles. The normalized spacial score (nSPS) is 13.8. The fraction of sp³-hybridized carbons (Fsp3) is 0.818. The zero-order chi connectivity index (χ0) is 11.4. The molecule has 1 N–H and O–H groups in total. The fourth-order valence-electron chi connectivity index (χ4n) is 1.50. The van der Waals surface area contributed by atoms with E-state index in [9.17, 15) is 5.11 Å². The van der Waals surface area contributed by atoms with Crippen molar-refractivity contribution in [2.24, 2.45) is 11.8 Å². The molecule has 0 fully saturated rings. The van der Waals surface area contributed by atoms with E-state index in [1.807, 2.05) is 6.20 Å². The number of nitrogens with zero attached hydrogens (tertiary/aromatic N) is 3. The highest BCUT2D eigenvalue weighted by Gasteiger charge is 2.13. The maximum Gasteiger partial charge on any atom is 0.111 e. The highest BCUT2D eigenvalue weighted by atomic mass is 16.3. The largest absolute Gasteiger partial charge is 0.387 e. The van der Waals surface area contributed by atoms with Gasteiger partial charge in [0.1, 0.15) is 5.69 Å². The van der Waals surface area contributed by atoms with Crippen molar-refractivity contribution < 1.29 is 5.11 Å². The molecule has 0 aliphatic carbocycles. The van der Waals surface area contributed by atoms with Crippen LogP contribution in [0.5, 0.6) is 0 Å². The average molecular weight is 211 g/mol. The molecule has 1 unspecified atom stereocenters. The molecule has 15 heavy (non-hydrogen) atoms. The third-order valence-corrected chi connectivity index (χ3v) is 2.14. The van der Waals surface area contributed by atoms with Crippen LogP contribution >= 0.6 is 0 Å². The van der Waals surface area contributed by atoms with Gasteiger partial charge >= 0.3 is 0 Å². The minimum Gasteiger partial charge on any atom is -0.387 e. The van der Waals surface area contributed by atoms with E-state index in [2.05, 4.69) is 38.0 Å². The van der Waals surface area contributed by atoms with Gasteiger partial charge in [-0.3, -0.25) is 4.68 Å². The summed E-state index contributed by atoms with van der Waals surface area (Å²) in [5.74, 6) is 1.01. The highest BCUT2D eigenvalue weighted by Crippen LogP contribution is 2.18. The summed E-state index contributed by atoms with van der Waals surface area (Å²) >= 11 is 0. The van der Waals surface area contributed by atoms with Gasteiger partial charge in [-0.25, -0.2) is 0 Å². The second kappa shape index (κ2) is 5.26. The van der Waals surface area contributed by atoms with Crippen LogP contribution in [0.25, 0.3) is 0 Å². The standard InChI is InChI=1S/C11H21N3O/c1-8(2)5-11(15)10-7-14(13-12-10)6-9(3)4/h7-9,11,15H,5-6H2,1-4H3. The molecule has 0 aliphatic rings. The zero-order valence-corrected chi connectivity index (χ0v) is 10.0. The number of aliphatic hydroxyl groups is 1. The Balaban J connectivity index is 2.58. The third-order valence-electron chi connectivity index (χ3n) is 2.14. The van der Waals surface area contributed by atoms with Gasteiger partial charge in [0.2, 0.25) is 0 Å². The van der Waals surface area contributed by atoms with Crippen molar-refractivity contribution in [1.29, 1.82) is 0 Å².